The molecule has 0 N–H and O–H groups in total. The third-order valence-corrected chi connectivity index (χ3v) is 7.56. The molecule has 1 saturated carbocycles. The molecule has 2 aromatic rings. The molecule has 0 spiro atoms. The van der Waals surface area contributed by atoms with E-state index in [1.54, 1.807) is 19.2 Å². The number of hydrogen-bond acceptors (Lipinski definition) is 4. The van der Waals surface area contributed by atoms with Crippen LogP contribution in [0.1, 0.15) is 51.0 Å². The number of hydrogen-bond donors (Lipinski definition) is 0. The maximum atomic E-state index is 12.6. The van der Waals surface area contributed by atoms with Crippen LogP contribution in [-0.4, -0.2) is 21.0 Å². The van der Waals surface area contributed by atoms with E-state index in [1.165, 1.54) is 41.7 Å². The van der Waals surface area contributed by atoms with Crippen molar-refractivity contribution in [1.82, 2.24) is 0 Å². The molecule has 0 bridgehead atoms. The van der Waals surface area contributed by atoms with Gasteiger partial charge in [-0.2, -0.15) is 21.6 Å². The molecule has 182 valence electrons. The number of fused-ring (bicyclic) bond motifs is 1. The Bertz CT molecular complexity index is 1280. The van der Waals surface area contributed by atoms with Gasteiger partial charge in [0.2, 0.25) is 0 Å². The Hall–Kier alpha value is -2.74. The molecule has 8 heteroatoms. The Morgan fingerprint density at radius 3 is 2.44 bits per heavy atom. The van der Waals surface area contributed by atoms with E-state index < -0.39 is 15.6 Å². The predicted octanol–water partition coefficient (Wildman–Crippen LogP) is 7.28. The lowest BCUT2D eigenvalue weighted by Gasteiger charge is -2.30. The van der Waals surface area contributed by atoms with Crippen LogP contribution in [0.2, 0.25) is 0 Å². The summed E-state index contributed by atoms with van der Waals surface area (Å²) >= 11 is 0. The quantitative estimate of drug-likeness (QED) is 0.231. The molecule has 0 unspecified atom stereocenters. The number of benzene rings is 2. The van der Waals surface area contributed by atoms with Crippen LogP contribution < -0.4 is 4.18 Å². The highest BCUT2D eigenvalue weighted by Gasteiger charge is 2.48. The fourth-order valence-corrected chi connectivity index (χ4v) is 5.03. The smallest absolute Gasteiger partial charge is 0.501 e. The van der Waals surface area contributed by atoms with Gasteiger partial charge in [-0.1, -0.05) is 35.9 Å². The van der Waals surface area contributed by atoms with Gasteiger partial charge in [0.25, 0.3) is 0 Å². The van der Waals surface area contributed by atoms with Crippen molar-refractivity contribution >= 4 is 26.5 Å². The summed E-state index contributed by atoms with van der Waals surface area (Å²) in [6.07, 6.45) is 10.5. The molecule has 0 aromatic heterocycles. The van der Waals surface area contributed by atoms with E-state index >= 15 is 0 Å². The van der Waals surface area contributed by atoms with E-state index in [1.807, 2.05) is 12.1 Å². The van der Waals surface area contributed by atoms with Gasteiger partial charge in [0, 0.05) is 6.42 Å². The summed E-state index contributed by atoms with van der Waals surface area (Å²) in [5.41, 5.74) is -0.512. The fraction of sp³-hybridized carbons (Fsp3) is 0.385. The summed E-state index contributed by atoms with van der Waals surface area (Å²) in [5, 5.41) is 1.37. The van der Waals surface area contributed by atoms with Crippen molar-refractivity contribution in [3.05, 3.63) is 71.0 Å². The lowest BCUT2D eigenvalue weighted by atomic mass is 9.76. The number of alkyl halides is 3. The summed E-state index contributed by atoms with van der Waals surface area (Å²) in [4.78, 5) is 0. The summed E-state index contributed by atoms with van der Waals surface area (Å²) in [7, 11) is -3.99. The van der Waals surface area contributed by atoms with E-state index in [-0.39, 0.29) is 5.75 Å². The van der Waals surface area contributed by atoms with Crippen LogP contribution in [-0.2, 0) is 14.9 Å². The van der Waals surface area contributed by atoms with E-state index in [2.05, 4.69) is 23.3 Å². The molecule has 34 heavy (non-hydrogen) atoms. The van der Waals surface area contributed by atoms with Gasteiger partial charge in [0.1, 0.15) is 5.75 Å². The van der Waals surface area contributed by atoms with E-state index in [4.69, 9.17) is 4.74 Å². The molecule has 0 aliphatic heterocycles. The van der Waals surface area contributed by atoms with Crippen molar-refractivity contribution in [1.29, 1.82) is 0 Å². The van der Waals surface area contributed by atoms with Crippen LogP contribution in [0.4, 0.5) is 13.2 Å². The first kappa shape index (κ1) is 24.4. The molecule has 0 heterocycles. The second-order valence-corrected chi connectivity index (χ2v) is 10.3. The fourth-order valence-electron chi connectivity index (χ4n) is 4.57. The van der Waals surface area contributed by atoms with Crippen LogP contribution in [0.15, 0.2) is 65.5 Å². The van der Waals surface area contributed by atoms with Gasteiger partial charge in [-0.25, -0.2) is 0 Å². The maximum absolute atomic E-state index is 12.6. The van der Waals surface area contributed by atoms with Crippen molar-refractivity contribution in [2.24, 2.45) is 5.92 Å². The first-order valence-corrected chi connectivity index (χ1v) is 12.7. The van der Waals surface area contributed by atoms with Crippen molar-refractivity contribution in [3.8, 4) is 5.75 Å². The summed E-state index contributed by atoms with van der Waals surface area (Å²) in [6, 6.07) is 9.72. The minimum atomic E-state index is -5.70. The van der Waals surface area contributed by atoms with Crippen molar-refractivity contribution in [2.45, 2.75) is 51.0 Å². The lowest BCUT2D eigenvalue weighted by molar-refractivity contribution is -0.0500. The van der Waals surface area contributed by atoms with Gasteiger partial charge in [0.05, 0.1) is 12.9 Å². The Balaban J connectivity index is 1.53. The minimum Gasteiger partial charge on any atom is -0.501 e. The summed E-state index contributed by atoms with van der Waals surface area (Å²) < 4.78 is 70.2. The standard InChI is InChI=1S/C26H27F3O4S/c1-3-17-12-18(13-17)4-5-23-15-21(9-11-25(23)32-2)19-6-7-22-16-24(10-8-20(22)14-19)33-34(30,31)26(27,28)29/h3,6-8,10,14-16,18H,4-5,9,11-13H2,1-2H3. The molecule has 2 aromatic carbocycles. The highest BCUT2D eigenvalue weighted by molar-refractivity contribution is 7.88. The highest BCUT2D eigenvalue weighted by atomic mass is 32.2. The predicted molar refractivity (Wildman–Crippen MR) is 127 cm³/mol. The Kier molecular flexibility index (Phi) is 6.80. The first-order chi connectivity index (χ1) is 16.1. The average Bonchev–Trinajstić information content (AvgIpc) is 2.76. The zero-order valence-corrected chi connectivity index (χ0v) is 19.9. The summed E-state index contributed by atoms with van der Waals surface area (Å²) in [5.74, 6) is 1.39. The average molecular weight is 493 g/mol. The lowest BCUT2D eigenvalue weighted by Crippen LogP contribution is -2.28. The molecule has 4 nitrogen and oxygen atoms in total. The molecule has 0 atom stereocenters. The Morgan fingerprint density at radius 2 is 1.76 bits per heavy atom. The first-order valence-electron chi connectivity index (χ1n) is 11.2. The summed E-state index contributed by atoms with van der Waals surface area (Å²) in [6.45, 7) is 2.09. The molecule has 2 aliphatic carbocycles. The monoisotopic (exact) mass is 492 g/mol. The number of allylic oxidation sites excluding steroid dienone is 6. The normalized spacial score (nSPS) is 19.0. The zero-order chi connectivity index (χ0) is 24.5. The van der Waals surface area contributed by atoms with Crippen molar-refractivity contribution in [2.75, 3.05) is 7.11 Å². The number of ether oxygens (including phenoxy) is 1. The van der Waals surface area contributed by atoms with E-state index in [9.17, 15) is 21.6 Å². The molecule has 4 rings (SSSR count). The molecule has 0 radical (unpaired) electrons. The zero-order valence-electron chi connectivity index (χ0n) is 19.1. The van der Waals surface area contributed by atoms with Gasteiger partial charge >= 0.3 is 15.6 Å². The third-order valence-electron chi connectivity index (χ3n) is 6.58. The second-order valence-electron chi connectivity index (χ2n) is 8.79. The van der Waals surface area contributed by atoms with Crippen LogP contribution in [0.3, 0.4) is 0 Å². The van der Waals surface area contributed by atoms with E-state index in [0.29, 0.717) is 5.39 Å². The number of halogens is 3. The number of rotatable bonds is 7. The SMILES string of the molecule is CC=C1CC(CCC2=C(OC)CCC(c3ccc4cc(OS(=O)(=O)C(F)(F)F)ccc4c3)=C2)C1. The topological polar surface area (TPSA) is 52.6 Å². The highest BCUT2D eigenvalue weighted by Crippen LogP contribution is 2.40. The molecular formula is C26H27F3O4S. The van der Waals surface area contributed by atoms with Gasteiger partial charge in [-0.05, 0) is 90.6 Å². The molecule has 2 aliphatic rings. The van der Waals surface area contributed by atoms with Gasteiger partial charge < -0.3 is 8.92 Å². The van der Waals surface area contributed by atoms with Crippen LogP contribution in [0, 0.1) is 5.92 Å². The van der Waals surface area contributed by atoms with Gasteiger partial charge in [-0.15, -0.1) is 0 Å². The minimum absolute atomic E-state index is 0.374. The largest absolute Gasteiger partial charge is 0.534 e. The van der Waals surface area contributed by atoms with Gasteiger partial charge in [-0.3, -0.25) is 0 Å². The van der Waals surface area contributed by atoms with Crippen LogP contribution in [0.5, 0.6) is 5.75 Å². The number of methoxy groups -OCH3 is 1. The molecule has 1 fully saturated rings. The van der Waals surface area contributed by atoms with Crippen molar-refractivity contribution < 1.29 is 30.5 Å². The molecule has 0 saturated heterocycles. The van der Waals surface area contributed by atoms with Gasteiger partial charge in [0.15, 0.2) is 0 Å². The molecular weight excluding hydrogens is 465 g/mol. The van der Waals surface area contributed by atoms with Crippen LogP contribution >= 0.6 is 0 Å². The third kappa shape index (κ3) is 5.17. The molecule has 0 amide bonds. The van der Waals surface area contributed by atoms with Crippen LogP contribution in [0.25, 0.3) is 16.3 Å². The van der Waals surface area contributed by atoms with E-state index in [0.717, 1.165) is 48.3 Å². The Morgan fingerprint density at radius 1 is 1.06 bits per heavy atom. The second kappa shape index (κ2) is 9.49. The Labute approximate surface area is 197 Å². The van der Waals surface area contributed by atoms with Crippen molar-refractivity contribution in [3.63, 3.8) is 0 Å². The maximum Gasteiger partial charge on any atom is 0.534 e.